The summed E-state index contributed by atoms with van der Waals surface area (Å²) in [7, 11) is 0. The monoisotopic (exact) mass is 364 g/mol. The molecule has 118 valence electrons. The number of carbonyl (C=O) groups is 1. The number of nitrogens with two attached hydrogens (primary N) is 1. The van der Waals surface area contributed by atoms with Gasteiger partial charge in [-0.3, -0.25) is 4.79 Å². The molecule has 0 radical (unpaired) electrons. The molecule has 0 atom stereocenters. The molecule has 1 aromatic carbocycles. The minimum absolute atomic E-state index is 0.168. The van der Waals surface area contributed by atoms with E-state index < -0.39 is 0 Å². The Morgan fingerprint density at radius 3 is 2.83 bits per heavy atom. The van der Waals surface area contributed by atoms with Crippen molar-refractivity contribution in [2.45, 2.75) is 10.9 Å². The van der Waals surface area contributed by atoms with Crippen LogP contribution in [0.15, 0.2) is 40.1 Å². The summed E-state index contributed by atoms with van der Waals surface area (Å²) in [6.45, 7) is 0.168. The average Bonchev–Trinajstić information content (AvgIpc) is 3.21. The third kappa shape index (κ3) is 4.50. The Kier molecular flexibility index (Phi) is 5.21. The highest BCUT2D eigenvalue weighted by Crippen LogP contribution is 2.25. The number of esters is 1. The maximum absolute atomic E-state index is 11.7. The van der Waals surface area contributed by atoms with E-state index in [0.29, 0.717) is 9.47 Å². The van der Waals surface area contributed by atoms with E-state index in [9.17, 15) is 4.79 Å². The van der Waals surface area contributed by atoms with E-state index >= 15 is 0 Å². The third-order valence-corrected chi connectivity index (χ3v) is 5.49. The third-order valence-electron chi connectivity index (χ3n) is 2.69. The van der Waals surface area contributed by atoms with Crippen LogP contribution in [-0.4, -0.2) is 26.9 Å². The summed E-state index contributed by atoms with van der Waals surface area (Å²) >= 11 is 4.03. The number of thioether (sulfide) groups is 1. The topological polar surface area (TPSA) is 91.0 Å². The summed E-state index contributed by atoms with van der Waals surface area (Å²) in [5, 5.41) is 10.7. The van der Waals surface area contributed by atoms with Crippen LogP contribution in [0.2, 0.25) is 0 Å². The van der Waals surface area contributed by atoms with Crippen molar-refractivity contribution in [1.29, 1.82) is 0 Å². The van der Waals surface area contributed by atoms with Crippen molar-refractivity contribution in [2.24, 2.45) is 0 Å². The number of nitrogen functional groups attached to an aromatic ring is 1. The fourth-order valence-electron chi connectivity index (χ4n) is 1.68. The number of rotatable bonds is 6. The van der Waals surface area contributed by atoms with E-state index in [0.717, 1.165) is 16.3 Å². The van der Waals surface area contributed by atoms with Crippen LogP contribution >= 0.6 is 34.4 Å². The van der Waals surface area contributed by atoms with Crippen LogP contribution in [-0.2, 0) is 16.1 Å². The van der Waals surface area contributed by atoms with Gasteiger partial charge in [0.05, 0.1) is 11.4 Å². The summed E-state index contributed by atoms with van der Waals surface area (Å²) in [6.07, 6.45) is 0. The molecule has 0 aliphatic heterocycles. The molecule has 2 heterocycles. The molecule has 3 rings (SSSR count). The minimum Gasteiger partial charge on any atom is -0.459 e. The lowest BCUT2D eigenvalue weighted by Crippen LogP contribution is -2.07. The van der Waals surface area contributed by atoms with Crippen molar-refractivity contribution in [3.8, 4) is 10.6 Å². The molecular weight excluding hydrogens is 352 g/mol. The van der Waals surface area contributed by atoms with Crippen molar-refractivity contribution >= 4 is 45.5 Å². The van der Waals surface area contributed by atoms with Gasteiger partial charge in [-0.1, -0.05) is 53.4 Å². The molecular formula is C14H12N4O2S3. The fraction of sp³-hybridized carbons (Fsp3) is 0.143. The summed E-state index contributed by atoms with van der Waals surface area (Å²) in [5.41, 5.74) is 7.28. The second-order valence-corrected chi connectivity index (χ2v) is 7.46. The number of carbonyl (C=O) groups excluding carboxylic acids is 1. The zero-order valence-corrected chi connectivity index (χ0v) is 14.3. The molecule has 0 unspecified atom stereocenters. The highest BCUT2D eigenvalue weighted by atomic mass is 32.2. The molecule has 0 amide bonds. The first-order valence-electron chi connectivity index (χ1n) is 6.58. The number of aromatic nitrogens is 3. The van der Waals surface area contributed by atoms with E-state index in [1.807, 2.05) is 35.7 Å². The standard InChI is InChI=1S/C14H12N4O2S3/c15-13-17-18-14(23-13)22-8-11(19)20-6-10-7-21-12(16-10)9-4-2-1-3-5-9/h1-5,7H,6,8H2,(H2,15,17). The van der Waals surface area contributed by atoms with Crippen LogP contribution in [0.1, 0.15) is 5.69 Å². The van der Waals surface area contributed by atoms with Crippen molar-refractivity contribution in [1.82, 2.24) is 15.2 Å². The summed E-state index contributed by atoms with van der Waals surface area (Å²) in [6, 6.07) is 9.89. The van der Waals surface area contributed by atoms with Gasteiger partial charge in [0.2, 0.25) is 5.13 Å². The van der Waals surface area contributed by atoms with Crippen LogP contribution < -0.4 is 5.73 Å². The van der Waals surface area contributed by atoms with E-state index in [4.69, 9.17) is 10.5 Å². The van der Waals surface area contributed by atoms with Gasteiger partial charge in [0, 0.05) is 10.9 Å². The zero-order valence-electron chi connectivity index (χ0n) is 11.8. The van der Waals surface area contributed by atoms with Gasteiger partial charge in [-0.2, -0.15) is 0 Å². The molecule has 23 heavy (non-hydrogen) atoms. The molecule has 2 N–H and O–H groups in total. The number of ether oxygens (including phenoxy) is 1. The fourth-order valence-corrected chi connectivity index (χ4v) is 3.93. The molecule has 0 saturated heterocycles. The van der Waals surface area contributed by atoms with E-state index in [2.05, 4.69) is 15.2 Å². The number of nitrogens with zero attached hydrogens (tertiary/aromatic N) is 3. The molecule has 0 fully saturated rings. The maximum atomic E-state index is 11.7. The summed E-state index contributed by atoms with van der Waals surface area (Å²) in [4.78, 5) is 16.2. The van der Waals surface area contributed by atoms with Gasteiger partial charge in [-0.25, -0.2) is 4.98 Å². The molecule has 3 aromatic rings. The predicted octanol–water partition coefficient (Wildman–Crippen LogP) is 3.08. The molecule has 6 nitrogen and oxygen atoms in total. The Bertz CT molecular complexity index is 788. The van der Waals surface area contributed by atoms with E-state index in [1.165, 1.54) is 34.4 Å². The first kappa shape index (κ1) is 15.9. The van der Waals surface area contributed by atoms with Crippen LogP contribution in [0.25, 0.3) is 10.6 Å². The van der Waals surface area contributed by atoms with Crippen molar-refractivity contribution in [2.75, 3.05) is 11.5 Å². The first-order chi connectivity index (χ1) is 11.2. The van der Waals surface area contributed by atoms with Gasteiger partial charge in [0.25, 0.3) is 0 Å². The van der Waals surface area contributed by atoms with Gasteiger partial charge >= 0.3 is 5.97 Å². The predicted molar refractivity (Wildman–Crippen MR) is 92.4 cm³/mol. The van der Waals surface area contributed by atoms with Crippen LogP contribution in [0, 0.1) is 0 Å². The smallest absolute Gasteiger partial charge is 0.316 e. The van der Waals surface area contributed by atoms with Crippen LogP contribution in [0.3, 0.4) is 0 Å². The number of thiazole rings is 1. The summed E-state index contributed by atoms with van der Waals surface area (Å²) in [5.74, 6) is -0.150. The van der Waals surface area contributed by atoms with Crippen molar-refractivity contribution in [3.05, 3.63) is 41.4 Å². The molecule has 0 aliphatic rings. The van der Waals surface area contributed by atoms with Crippen LogP contribution in [0.5, 0.6) is 0 Å². The highest BCUT2D eigenvalue weighted by molar-refractivity contribution is 8.01. The second-order valence-electron chi connectivity index (χ2n) is 4.37. The van der Waals surface area contributed by atoms with Gasteiger partial charge in [0.15, 0.2) is 4.34 Å². The molecule has 0 spiro atoms. The van der Waals surface area contributed by atoms with Gasteiger partial charge in [-0.15, -0.1) is 21.5 Å². The Morgan fingerprint density at radius 2 is 2.09 bits per heavy atom. The summed E-state index contributed by atoms with van der Waals surface area (Å²) < 4.78 is 5.87. The molecule has 0 aliphatic carbocycles. The van der Waals surface area contributed by atoms with E-state index in [-0.39, 0.29) is 18.3 Å². The Morgan fingerprint density at radius 1 is 1.26 bits per heavy atom. The van der Waals surface area contributed by atoms with Crippen molar-refractivity contribution < 1.29 is 9.53 Å². The van der Waals surface area contributed by atoms with Crippen molar-refractivity contribution in [3.63, 3.8) is 0 Å². The highest BCUT2D eigenvalue weighted by Gasteiger charge is 2.10. The lowest BCUT2D eigenvalue weighted by molar-refractivity contribution is -0.141. The lowest BCUT2D eigenvalue weighted by Gasteiger charge is -2.01. The number of hydrogen-bond donors (Lipinski definition) is 1. The lowest BCUT2D eigenvalue weighted by atomic mass is 10.2. The largest absolute Gasteiger partial charge is 0.459 e. The Balaban J connectivity index is 1.48. The average molecular weight is 364 g/mol. The maximum Gasteiger partial charge on any atom is 0.316 e. The normalized spacial score (nSPS) is 10.6. The molecule has 9 heteroatoms. The van der Waals surface area contributed by atoms with Gasteiger partial charge < -0.3 is 10.5 Å². The second kappa shape index (κ2) is 7.53. The molecule has 0 bridgehead atoms. The number of anilines is 1. The van der Waals surface area contributed by atoms with E-state index in [1.54, 1.807) is 0 Å². The Hall–Kier alpha value is -1.97. The zero-order chi connectivity index (χ0) is 16.1. The SMILES string of the molecule is Nc1nnc(SCC(=O)OCc2csc(-c3ccccc3)n2)s1. The number of hydrogen-bond acceptors (Lipinski definition) is 9. The molecule has 0 saturated carbocycles. The Labute approximate surface area is 144 Å². The first-order valence-corrected chi connectivity index (χ1v) is 9.26. The van der Waals surface area contributed by atoms with Gasteiger partial charge in [0.1, 0.15) is 11.6 Å². The number of benzene rings is 1. The molecule has 2 aromatic heterocycles. The quantitative estimate of drug-likeness (QED) is 0.531. The van der Waals surface area contributed by atoms with Crippen LogP contribution in [0.4, 0.5) is 5.13 Å². The van der Waals surface area contributed by atoms with Gasteiger partial charge in [-0.05, 0) is 0 Å². The minimum atomic E-state index is -0.321.